The fourth-order valence-electron chi connectivity index (χ4n) is 2.89. The third-order valence-corrected chi connectivity index (χ3v) is 6.65. The number of hydrogen-bond acceptors (Lipinski definition) is 3. The van der Waals surface area contributed by atoms with Crippen LogP contribution in [0.15, 0.2) is 0 Å². The normalized spacial score (nSPS) is 32.1. The summed E-state index contributed by atoms with van der Waals surface area (Å²) in [5.41, 5.74) is 0. The van der Waals surface area contributed by atoms with Crippen molar-refractivity contribution in [2.24, 2.45) is 11.8 Å². The molecule has 2 fully saturated rings. The molecule has 3 unspecified atom stereocenters. The first-order chi connectivity index (χ1) is 7.93. The average Bonchev–Trinajstić information content (AvgIpc) is 3.01. The predicted octanol–water partition coefficient (Wildman–Crippen LogP) is 1.84. The molecule has 98 valence electrons. The van der Waals surface area contributed by atoms with Gasteiger partial charge in [0.05, 0.1) is 5.25 Å². The lowest BCUT2D eigenvalue weighted by Gasteiger charge is -2.28. The minimum atomic E-state index is -3.49. The maximum absolute atomic E-state index is 12.4. The van der Waals surface area contributed by atoms with Crippen LogP contribution >= 0.6 is 0 Å². The fourth-order valence-corrected chi connectivity index (χ4v) is 5.49. The quantitative estimate of drug-likeness (QED) is 0.837. The first kappa shape index (κ1) is 12.9. The third-order valence-electron chi connectivity index (χ3n) is 4.00. The molecule has 2 aliphatic carbocycles. The van der Waals surface area contributed by atoms with E-state index in [1.807, 2.05) is 0 Å². The van der Waals surface area contributed by atoms with E-state index >= 15 is 0 Å². The van der Waals surface area contributed by atoms with Crippen molar-refractivity contribution in [2.45, 2.75) is 55.9 Å². The van der Waals surface area contributed by atoms with Crippen molar-refractivity contribution in [2.75, 3.05) is 0 Å². The summed E-state index contributed by atoms with van der Waals surface area (Å²) in [6, 6.07) is 0. The Kier molecular flexibility index (Phi) is 3.48. The van der Waals surface area contributed by atoms with Gasteiger partial charge >= 0.3 is 5.97 Å². The molecule has 3 atom stereocenters. The van der Waals surface area contributed by atoms with E-state index in [-0.39, 0.29) is 5.92 Å². The van der Waals surface area contributed by atoms with Gasteiger partial charge in [0.2, 0.25) is 0 Å². The van der Waals surface area contributed by atoms with E-state index in [2.05, 4.69) is 6.92 Å². The molecular formula is C12H20O4S. The van der Waals surface area contributed by atoms with E-state index in [4.69, 9.17) is 5.11 Å². The maximum Gasteiger partial charge on any atom is 0.322 e. The zero-order chi connectivity index (χ0) is 12.6. The van der Waals surface area contributed by atoms with Gasteiger partial charge in [0, 0.05) is 0 Å². The smallest absolute Gasteiger partial charge is 0.322 e. The standard InChI is InChI=1S/C12H20O4S/c1-8-3-2-4-10(7-8)17(15,16)11(12(13)14)9-5-6-9/h8-11H,2-7H2,1H3,(H,13,14). The minimum absolute atomic E-state index is 0.130. The highest BCUT2D eigenvalue weighted by Gasteiger charge is 2.48. The van der Waals surface area contributed by atoms with Crippen LogP contribution in [0, 0.1) is 11.8 Å². The van der Waals surface area contributed by atoms with Crippen LogP contribution in [0.2, 0.25) is 0 Å². The first-order valence-electron chi connectivity index (χ1n) is 6.38. The van der Waals surface area contributed by atoms with Crippen molar-refractivity contribution in [1.29, 1.82) is 0 Å². The molecule has 2 rings (SSSR count). The van der Waals surface area contributed by atoms with Gasteiger partial charge in [0.1, 0.15) is 0 Å². The molecule has 0 aliphatic heterocycles. The second-order valence-corrected chi connectivity index (χ2v) is 7.93. The Morgan fingerprint density at radius 3 is 2.35 bits per heavy atom. The lowest BCUT2D eigenvalue weighted by molar-refractivity contribution is -0.136. The van der Waals surface area contributed by atoms with Crippen LogP contribution in [0.5, 0.6) is 0 Å². The van der Waals surface area contributed by atoms with E-state index in [1.54, 1.807) is 0 Å². The summed E-state index contributed by atoms with van der Waals surface area (Å²) in [6.45, 7) is 2.05. The molecule has 0 aromatic heterocycles. The highest BCUT2D eigenvalue weighted by Crippen LogP contribution is 2.40. The average molecular weight is 260 g/mol. The Balaban J connectivity index is 2.18. The molecule has 0 bridgehead atoms. The Morgan fingerprint density at radius 2 is 1.88 bits per heavy atom. The Hall–Kier alpha value is -0.580. The topological polar surface area (TPSA) is 71.4 Å². The number of carbonyl (C=O) groups is 1. The lowest BCUT2D eigenvalue weighted by Crippen LogP contribution is -2.41. The molecular weight excluding hydrogens is 240 g/mol. The van der Waals surface area contributed by atoms with E-state index in [0.29, 0.717) is 18.8 Å². The molecule has 1 N–H and O–H groups in total. The summed E-state index contributed by atoms with van der Waals surface area (Å²) in [7, 11) is -3.49. The summed E-state index contributed by atoms with van der Waals surface area (Å²) in [4.78, 5) is 11.2. The van der Waals surface area contributed by atoms with Crippen molar-refractivity contribution in [3.63, 3.8) is 0 Å². The zero-order valence-electron chi connectivity index (χ0n) is 10.1. The summed E-state index contributed by atoms with van der Waals surface area (Å²) < 4.78 is 24.7. The zero-order valence-corrected chi connectivity index (χ0v) is 10.9. The van der Waals surface area contributed by atoms with E-state index < -0.39 is 26.3 Å². The van der Waals surface area contributed by atoms with Gasteiger partial charge in [-0.2, -0.15) is 0 Å². The second-order valence-electron chi connectivity index (χ2n) is 5.58. The van der Waals surface area contributed by atoms with Gasteiger partial charge in [-0.3, -0.25) is 4.79 Å². The first-order valence-corrected chi connectivity index (χ1v) is 7.99. The van der Waals surface area contributed by atoms with E-state index in [9.17, 15) is 13.2 Å². The second kappa shape index (κ2) is 4.59. The van der Waals surface area contributed by atoms with Gasteiger partial charge in [-0.25, -0.2) is 8.42 Å². The number of carboxylic acid groups (broad SMARTS) is 1. The Morgan fingerprint density at radius 1 is 1.24 bits per heavy atom. The molecule has 0 amide bonds. The minimum Gasteiger partial charge on any atom is -0.480 e. The van der Waals surface area contributed by atoms with Crippen LogP contribution in [0.1, 0.15) is 45.4 Å². The van der Waals surface area contributed by atoms with Crippen LogP contribution in [0.4, 0.5) is 0 Å². The maximum atomic E-state index is 12.4. The molecule has 4 nitrogen and oxygen atoms in total. The summed E-state index contributed by atoms with van der Waals surface area (Å²) in [5.74, 6) is -0.877. The predicted molar refractivity (Wildman–Crippen MR) is 64.5 cm³/mol. The molecule has 2 aliphatic rings. The van der Waals surface area contributed by atoms with Crippen molar-refractivity contribution in [1.82, 2.24) is 0 Å². The highest BCUT2D eigenvalue weighted by molar-refractivity contribution is 7.93. The molecule has 0 heterocycles. The van der Waals surface area contributed by atoms with E-state index in [0.717, 1.165) is 25.7 Å². The molecule has 2 saturated carbocycles. The van der Waals surface area contributed by atoms with Crippen LogP contribution < -0.4 is 0 Å². The largest absolute Gasteiger partial charge is 0.480 e. The van der Waals surface area contributed by atoms with Gasteiger partial charge in [-0.1, -0.05) is 19.8 Å². The number of rotatable bonds is 4. The SMILES string of the molecule is CC1CCCC(S(=O)(=O)C(C(=O)O)C2CC2)C1. The fraction of sp³-hybridized carbons (Fsp3) is 0.917. The monoisotopic (exact) mass is 260 g/mol. The van der Waals surface area contributed by atoms with Crippen molar-refractivity contribution < 1.29 is 18.3 Å². The van der Waals surface area contributed by atoms with Gasteiger partial charge in [0.15, 0.2) is 15.1 Å². The molecule has 0 aromatic rings. The van der Waals surface area contributed by atoms with Gasteiger partial charge < -0.3 is 5.11 Å². The number of hydrogen-bond donors (Lipinski definition) is 1. The third kappa shape index (κ3) is 2.64. The summed E-state index contributed by atoms with van der Waals surface area (Å²) in [5, 5.41) is 7.57. The lowest BCUT2D eigenvalue weighted by atomic mass is 9.91. The van der Waals surface area contributed by atoms with Crippen LogP contribution in [0.3, 0.4) is 0 Å². The number of sulfone groups is 1. The molecule has 17 heavy (non-hydrogen) atoms. The Bertz CT molecular complexity index is 397. The molecule has 0 spiro atoms. The number of aliphatic carboxylic acids is 1. The van der Waals surface area contributed by atoms with Crippen molar-refractivity contribution in [3.8, 4) is 0 Å². The van der Waals surface area contributed by atoms with Crippen molar-refractivity contribution >= 4 is 15.8 Å². The summed E-state index contributed by atoms with van der Waals surface area (Å²) in [6.07, 6.45) is 4.74. The van der Waals surface area contributed by atoms with E-state index in [1.165, 1.54) is 0 Å². The number of carboxylic acids is 1. The van der Waals surface area contributed by atoms with Gasteiger partial charge in [-0.15, -0.1) is 0 Å². The summed E-state index contributed by atoms with van der Waals surface area (Å²) >= 11 is 0. The molecule has 0 saturated heterocycles. The molecule has 5 heteroatoms. The van der Waals surface area contributed by atoms with Crippen molar-refractivity contribution in [3.05, 3.63) is 0 Å². The van der Waals surface area contributed by atoms with Crippen LogP contribution in [-0.2, 0) is 14.6 Å². The van der Waals surface area contributed by atoms with Crippen LogP contribution in [0.25, 0.3) is 0 Å². The van der Waals surface area contributed by atoms with Gasteiger partial charge in [0.25, 0.3) is 0 Å². The highest BCUT2D eigenvalue weighted by atomic mass is 32.2. The van der Waals surface area contributed by atoms with Gasteiger partial charge in [-0.05, 0) is 37.5 Å². The molecule has 0 radical (unpaired) electrons. The van der Waals surface area contributed by atoms with Crippen LogP contribution in [-0.4, -0.2) is 30.0 Å². The molecule has 0 aromatic carbocycles. The Labute approximate surface area is 102 Å².